The van der Waals surface area contributed by atoms with E-state index in [4.69, 9.17) is 26.1 Å². The summed E-state index contributed by atoms with van der Waals surface area (Å²) in [4.78, 5) is 22.6. The summed E-state index contributed by atoms with van der Waals surface area (Å²) < 4.78 is 65.1. The highest BCUT2D eigenvalue weighted by molar-refractivity contribution is 8.54. The van der Waals surface area contributed by atoms with Gasteiger partial charge < -0.3 is 20.3 Å². The monoisotopic (exact) mass is 603 g/mol. The Morgan fingerprint density at radius 2 is 2.15 bits per heavy atom. The Hall–Kier alpha value is -2.86. The number of hydrogen-bond acceptors (Lipinski definition) is 10. The van der Waals surface area contributed by atoms with Crippen LogP contribution in [-0.2, 0) is 20.0 Å². The number of halogens is 4. The number of imidazole rings is 1. The summed E-state index contributed by atoms with van der Waals surface area (Å²) in [5.41, 5.74) is -0.609. The SMILES string of the molecule is C=C(Nc1c(Cl)cccc1C(F)(F)F)Nc1ncnc2c1ncn2[C@H]1CC[C@@H](COP(=O)(O)SCCC#N)O1. The molecule has 1 fully saturated rings. The largest absolute Gasteiger partial charge is 0.418 e. The molecule has 3 atom stereocenters. The molecule has 0 aliphatic carbocycles. The molecule has 17 heteroatoms. The number of para-hydroxylation sites is 1. The summed E-state index contributed by atoms with van der Waals surface area (Å²) in [7, 11) is 0. The van der Waals surface area contributed by atoms with Gasteiger partial charge in [-0.15, -0.1) is 0 Å². The first-order chi connectivity index (χ1) is 18.5. The summed E-state index contributed by atoms with van der Waals surface area (Å²) in [6.07, 6.45) is -1.62. The van der Waals surface area contributed by atoms with Crippen LogP contribution in [0.25, 0.3) is 11.2 Å². The topological polar surface area (TPSA) is 147 Å². The van der Waals surface area contributed by atoms with Gasteiger partial charge >= 0.3 is 13.0 Å². The number of alkyl halides is 3. The van der Waals surface area contributed by atoms with Gasteiger partial charge in [-0.25, -0.2) is 19.5 Å². The van der Waals surface area contributed by atoms with Gasteiger partial charge in [-0.3, -0.25) is 9.09 Å². The number of hydrogen-bond donors (Lipinski definition) is 3. The fourth-order valence-corrected chi connectivity index (χ4v) is 6.24. The normalized spacial score (nSPS) is 19.0. The Morgan fingerprint density at radius 3 is 2.90 bits per heavy atom. The Labute approximate surface area is 229 Å². The second-order valence-electron chi connectivity index (χ2n) is 8.23. The molecule has 0 saturated carbocycles. The smallest absolute Gasteiger partial charge is 0.352 e. The van der Waals surface area contributed by atoms with Crippen LogP contribution in [0.5, 0.6) is 0 Å². The number of fused-ring (bicyclic) bond motifs is 1. The first kappa shape index (κ1) is 29.1. The Morgan fingerprint density at radius 1 is 1.36 bits per heavy atom. The molecule has 1 unspecified atom stereocenters. The molecular formula is C22H22ClF3N7O4PS. The Balaban J connectivity index is 1.42. The van der Waals surface area contributed by atoms with E-state index in [2.05, 4.69) is 32.2 Å². The fraction of sp³-hybridized carbons (Fsp3) is 0.364. The Bertz CT molecular complexity index is 1450. The summed E-state index contributed by atoms with van der Waals surface area (Å²) in [6, 6.07) is 5.32. The number of benzene rings is 1. The van der Waals surface area contributed by atoms with Crippen LogP contribution in [0.3, 0.4) is 0 Å². The second kappa shape index (κ2) is 12.1. The van der Waals surface area contributed by atoms with Gasteiger partial charge in [-0.2, -0.15) is 18.4 Å². The van der Waals surface area contributed by atoms with Crippen molar-refractivity contribution >= 4 is 52.4 Å². The average molecular weight is 604 g/mol. The molecule has 11 nitrogen and oxygen atoms in total. The number of nitriles is 1. The quantitative estimate of drug-likeness (QED) is 0.177. The minimum atomic E-state index is -4.64. The minimum absolute atomic E-state index is 0.0291. The predicted molar refractivity (Wildman–Crippen MR) is 140 cm³/mol. The van der Waals surface area contributed by atoms with E-state index < -0.39 is 30.9 Å². The summed E-state index contributed by atoms with van der Waals surface area (Å²) in [6.45, 7) is -0.276. The first-order valence-electron chi connectivity index (χ1n) is 11.4. The third kappa shape index (κ3) is 7.21. The molecule has 0 amide bonds. The molecule has 0 radical (unpaired) electrons. The van der Waals surface area contributed by atoms with Gasteiger partial charge in [-0.05, 0) is 36.4 Å². The van der Waals surface area contributed by atoms with Crippen LogP contribution in [0, 0.1) is 11.3 Å². The molecule has 4 rings (SSSR count). The maximum Gasteiger partial charge on any atom is 0.418 e. The van der Waals surface area contributed by atoms with Gasteiger partial charge in [0.1, 0.15) is 18.4 Å². The van der Waals surface area contributed by atoms with Gasteiger partial charge in [0.2, 0.25) is 0 Å². The molecule has 0 bridgehead atoms. The van der Waals surface area contributed by atoms with E-state index in [1.54, 1.807) is 4.57 Å². The lowest BCUT2D eigenvalue weighted by Gasteiger charge is -2.18. The summed E-state index contributed by atoms with van der Waals surface area (Å²) >= 11 is 6.70. The van der Waals surface area contributed by atoms with Gasteiger partial charge in [0.25, 0.3) is 0 Å². The highest BCUT2D eigenvalue weighted by Gasteiger charge is 2.35. The first-order valence-corrected chi connectivity index (χ1v) is 14.9. The van der Waals surface area contributed by atoms with Gasteiger partial charge in [0.15, 0.2) is 17.0 Å². The molecule has 3 aromatic rings. The van der Waals surface area contributed by atoms with Crippen LogP contribution in [0.1, 0.15) is 31.1 Å². The standard InChI is InChI=1S/C22H22ClF3N7O4PS/c1-13(31-18-15(22(24,25)26)4-2-5-16(18)23)32-20-19-21(29-11-28-20)33(12-30-19)17-7-6-14(37-17)10-36-38(34,35)39-9-3-8-27/h2,4-5,11-12,14,17,31H,1,3,6-7,9-10H2,(H,34,35)(H,28,29,32)/t14-,17+/m0/s1. The van der Waals surface area contributed by atoms with Gasteiger partial charge in [0.05, 0.1) is 41.4 Å². The summed E-state index contributed by atoms with van der Waals surface area (Å²) in [5.74, 6) is 0.336. The van der Waals surface area contributed by atoms with Crippen molar-refractivity contribution in [3.63, 3.8) is 0 Å². The van der Waals surface area contributed by atoms with Crippen LogP contribution in [0.4, 0.5) is 24.7 Å². The number of ether oxygens (including phenoxy) is 1. The number of aromatic nitrogens is 4. The average Bonchev–Trinajstić information content (AvgIpc) is 3.51. The van der Waals surface area contributed by atoms with E-state index in [0.717, 1.165) is 6.07 Å². The highest BCUT2D eigenvalue weighted by Crippen LogP contribution is 2.56. The van der Waals surface area contributed by atoms with Crippen molar-refractivity contribution in [3.05, 3.63) is 53.8 Å². The van der Waals surface area contributed by atoms with Crippen molar-refractivity contribution in [3.8, 4) is 6.07 Å². The predicted octanol–water partition coefficient (Wildman–Crippen LogP) is 5.94. The molecular weight excluding hydrogens is 582 g/mol. The zero-order valence-electron chi connectivity index (χ0n) is 20.1. The van der Waals surface area contributed by atoms with E-state index in [-0.39, 0.29) is 41.1 Å². The van der Waals surface area contributed by atoms with Crippen LogP contribution < -0.4 is 10.6 Å². The van der Waals surface area contributed by atoms with E-state index in [1.165, 1.54) is 24.8 Å². The van der Waals surface area contributed by atoms with Crippen molar-refractivity contribution < 1.29 is 31.9 Å². The van der Waals surface area contributed by atoms with E-state index in [0.29, 0.717) is 35.4 Å². The maximum absolute atomic E-state index is 13.4. The van der Waals surface area contributed by atoms with E-state index >= 15 is 0 Å². The third-order valence-corrected chi connectivity index (χ3v) is 8.86. The zero-order valence-corrected chi connectivity index (χ0v) is 22.5. The van der Waals surface area contributed by atoms with E-state index in [9.17, 15) is 22.6 Å². The van der Waals surface area contributed by atoms with Crippen molar-refractivity contribution in [2.24, 2.45) is 0 Å². The minimum Gasteiger partial charge on any atom is -0.352 e. The lowest BCUT2D eigenvalue weighted by molar-refractivity contribution is -0.136. The van der Waals surface area contributed by atoms with Crippen molar-refractivity contribution in [2.75, 3.05) is 23.0 Å². The number of rotatable bonds is 11. The number of nitrogens with one attached hydrogen (secondary N) is 2. The van der Waals surface area contributed by atoms with Crippen LogP contribution in [0.15, 0.2) is 43.3 Å². The Kier molecular flexibility index (Phi) is 9.05. The molecule has 39 heavy (non-hydrogen) atoms. The highest BCUT2D eigenvalue weighted by atomic mass is 35.5. The fourth-order valence-electron chi connectivity index (χ4n) is 3.80. The molecule has 208 valence electrons. The van der Waals surface area contributed by atoms with Crippen LogP contribution >= 0.6 is 29.8 Å². The van der Waals surface area contributed by atoms with Gasteiger partial charge in [-0.1, -0.05) is 24.2 Å². The van der Waals surface area contributed by atoms with Crippen molar-refractivity contribution in [1.29, 1.82) is 5.26 Å². The molecule has 1 aliphatic rings. The molecule has 1 aliphatic heterocycles. The van der Waals surface area contributed by atoms with Gasteiger partial charge in [0, 0.05) is 12.2 Å². The molecule has 1 saturated heterocycles. The van der Waals surface area contributed by atoms with Crippen LogP contribution in [-0.4, -0.2) is 42.9 Å². The number of nitrogens with zero attached hydrogens (tertiary/aromatic N) is 5. The molecule has 3 N–H and O–H groups in total. The molecule has 1 aromatic carbocycles. The zero-order chi connectivity index (χ0) is 28.2. The number of anilines is 2. The van der Waals surface area contributed by atoms with Crippen molar-refractivity contribution in [1.82, 2.24) is 19.5 Å². The third-order valence-electron chi connectivity index (χ3n) is 5.51. The van der Waals surface area contributed by atoms with Crippen molar-refractivity contribution in [2.45, 2.75) is 37.8 Å². The molecule has 0 spiro atoms. The molecule has 2 aromatic heterocycles. The van der Waals surface area contributed by atoms with Crippen LogP contribution in [0.2, 0.25) is 5.02 Å². The lowest BCUT2D eigenvalue weighted by atomic mass is 10.1. The molecule has 3 heterocycles. The lowest BCUT2D eigenvalue weighted by Crippen LogP contribution is -2.16. The summed E-state index contributed by atoms with van der Waals surface area (Å²) in [5, 5.41) is 13.8. The van der Waals surface area contributed by atoms with E-state index in [1.807, 2.05) is 6.07 Å². The maximum atomic E-state index is 13.4. The second-order valence-corrected chi connectivity index (χ2v) is 12.7.